The monoisotopic (exact) mass is 411 g/mol. The minimum absolute atomic E-state index is 0.103. The summed E-state index contributed by atoms with van der Waals surface area (Å²) in [7, 11) is 2.16. The SMILES string of the molecule is Cc1c(C(=O)NCc2cccc(CN3CCN(C)CC3)c2)sc2ccc(F)cc12. The van der Waals surface area contributed by atoms with Crippen molar-refractivity contribution in [2.75, 3.05) is 33.2 Å². The van der Waals surface area contributed by atoms with Crippen molar-refractivity contribution in [1.82, 2.24) is 15.1 Å². The second-order valence-electron chi connectivity index (χ2n) is 7.78. The summed E-state index contributed by atoms with van der Waals surface area (Å²) >= 11 is 1.41. The lowest BCUT2D eigenvalue weighted by atomic mass is 10.1. The van der Waals surface area contributed by atoms with Gasteiger partial charge in [0.2, 0.25) is 0 Å². The van der Waals surface area contributed by atoms with Crippen LogP contribution in [-0.4, -0.2) is 48.9 Å². The van der Waals surface area contributed by atoms with Gasteiger partial charge in [0.25, 0.3) is 5.91 Å². The lowest BCUT2D eigenvalue weighted by Gasteiger charge is -2.32. The maximum Gasteiger partial charge on any atom is 0.261 e. The Morgan fingerprint density at radius 3 is 2.66 bits per heavy atom. The molecule has 2 heterocycles. The second-order valence-corrected chi connectivity index (χ2v) is 8.83. The Morgan fingerprint density at radius 2 is 1.86 bits per heavy atom. The fourth-order valence-electron chi connectivity index (χ4n) is 3.77. The highest BCUT2D eigenvalue weighted by molar-refractivity contribution is 7.21. The molecule has 1 aliphatic rings. The van der Waals surface area contributed by atoms with Crippen LogP contribution in [0.15, 0.2) is 42.5 Å². The van der Waals surface area contributed by atoms with Crippen molar-refractivity contribution in [1.29, 1.82) is 0 Å². The van der Waals surface area contributed by atoms with Gasteiger partial charge in [0, 0.05) is 44.0 Å². The van der Waals surface area contributed by atoms with E-state index < -0.39 is 0 Å². The largest absolute Gasteiger partial charge is 0.347 e. The van der Waals surface area contributed by atoms with Crippen LogP contribution in [0.5, 0.6) is 0 Å². The molecule has 2 aromatic carbocycles. The number of carbonyl (C=O) groups is 1. The van der Waals surface area contributed by atoms with E-state index in [1.165, 1.54) is 29.0 Å². The Hall–Kier alpha value is -2.28. The van der Waals surface area contributed by atoms with Crippen molar-refractivity contribution in [3.63, 3.8) is 0 Å². The highest BCUT2D eigenvalue weighted by atomic mass is 32.1. The second kappa shape index (κ2) is 8.61. The van der Waals surface area contributed by atoms with Crippen LogP contribution in [0, 0.1) is 12.7 Å². The molecule has 1 saturated heterocycles. The molecule has 0 radical (unpaired) electrons. The van der Waals surface area contributed by atoms with E-state index in [0.717, 1.165) is 53.9 Å². The molecular formula is C23H26FN3OS. The number of thiophene rings is 1. The van der Waals surface area contributed by atoms with Crippen LogP contribution in [0.3, 0.4) is 0 Å². The zero-order valence-corrected chi connectivity index (χ0v) is 17.7. The number of amides is 1. The first-order valence-electron chi connectivity index (χ1n) is 9.95. The highest BCUT2D eigenvalue weighted by Crippen LogP contribution is 2.31. The fourth-order valence-corrected chi connectivity index (χ4v) is 4.88. The summed E-state index contributed by atoms with van der Waals surface area (Å²) < 4.78 is 14.5. The average Bonchev–Trinajstić information content (AvgIpc) is 3.04. The number of piperazine rings is 1. The fraction of sp³-hybridized carbons (Fsp3) is 0.348. The molecule has 1 aromatic heterocycles. The van der Waals surface area contributed by atoms with E-state index in [4.69, 9.17) is 0 Å². The summed E-state index contributed by atoms with van der Waals surface area (Å²) in [6.07, 6.45) is 0. The molecule has 0 spiro atoms. The van der Waals surface area contributed by atoms with E-state index in [9.17, 15) is 9.18 Å². The number of halogens is 1. The third-order valence-electron chi connectivity index (χ3n) is 5.55. The van der Waals surface area contributed by atoms with Crippen LogP contribution in [0.25, 0.3) is 10.1 Å². The number of likely N-dealkylation sites (N-methyl/N-ethyl adjacent to an activating group) is 1. The predicted molar refractivity (Wildman–Crippen MR) is 117 cm³/mol. The van der Waals surface area contributed by atoms with E-state index in [1.54, 1.807) is 6.07 Å². The third kappa shape index (κ3) is 4.66. The molecular weight excluding hydrogens is 385 g/mol. The quantitative estimate of drug-likeness (QED) is 0.689. The molecule has 0 unspecified atom stereocenters. The number of nitrogens with one attached hydrogen (secondary N) is 1. The minimum atomic E-state index is -0.275. The van der Waals surface area contributed by atoms with Crippen LogP contribution < -0.4 is 5.32 Å². The first-order chi connectivity index (χ1) is 14.0. The van der Waals surface area contributed by atoms with Gasteiger partial charge in [0.05, 0.1) is 4.88 Å². The van der Waals surface area contributed by atoms with Gasteiger partial charge in [-0.1, -0.05) is 24.3 Å². The van der Waals surface area contributed by atoms with Gasteiger partial charge in [-0.3, -0.25) is 9.69 Å². The van der Waals surface area contributed by atoms with Crippen LogP contribution in [0.4, 0.5) is 4.39 Å². The molecule has 152 valence electrons. The molecule has 1 amide bonds. The van der Waals surface area contributed by atoms with Crippen molar-refractivity contribution >= 4 is 27.3 Å². The first kappa shape index (κ1) is 20.0. The van der Waals surface area contributed by atoms with E-state index in [2.05, 4.69) is 40.4 Å². The van der Waals surface area contributed by atoms with Crippen molar-refractivity contribution < 1.29 is 9.18 Å². The summed E-state index contributed by atoms with van der Waals surface area (Å²) in [4.78, 5) is 18.2. The van der Waals surface area contributed by atoms with Gasteiger partial charge in [0.15, 0.2) is 0 Å². The Balaban J connectivity index is 1.40. The number of fused-ring (bicyclic) bond motifs is 1. The van der Waals surface area contributed by atoms with Gasteiger partial charge in [-0.2, -0.15) is 0 Å². The molecule has 0 aliphatic carbocycles. The predicted octanol–water partition coefficient (Wildman–Crippen LogP) is 4.03. The van der Waals surface area contributed by atoms with Crippen LogP contribution in [0.1, 0.15) is 26.4 Å². The van der Waals surface area contributed by atoms with Gasteiger partial charge < -0.3 is 10.2 Å². The van der Waals surface area contributed by atoms with Crippen molar-refractivity contribution in [2.45, 2.75) is 20.0 Å². The molecule has 0 atom stereocenters. The molecule has 3 aromatic rings. The highest BCUT2D eigenvalue weighted by Gasteiger charge is 2.16. The van der Waals surface area contributed by atoms with Gasteiger partial charge in [-0.15, -0.1) is 11.3 Å². The summed E-state index contributed by atoms with van der Waals surface area (Å²) in [5.41, 5.74) is 3.20. The molecule has 4 nitrogen and oxygen atoms in total. The van der Waals surface area contributed by atoms with Crippen molar-refractivity contribution in [2.24, 2.45) is 0 Å². The number of rotatable bonds is 5. The minimum Gasteiger partial charge on any atom is -0.347 e. The Kier molecular flexibility index (Phi) is 5.94. The summed E-state index contributed by atoms with van der Waals surface area (Å²) in [6, 6.07) is 13.1. The number of aryl methyl sites for hydroxylation is 1. The number of carbonyl (C=O) groups excluding carboxylic acids is 1. The third-order valence-corrected chi connectivity index (χ3v) is 6.82. The van der Waals surface area contributed by atoms with Crippen LogP contribution >= 0.6 is 11.3 Å². The van der Waals surface area contributed by atoms with Crippen molar-refractivity contribution in [3.8, 4) is 0 Å². The van der Waals surface area contributed by atoms with Crippen LogP contribution in [-0.2, 0) is 13.1 Å². The zero-order chi connectivity index (χ0) is 20.4. The lowest BCUT2D eigenvalue weighted by molar-refractivity contribution is 0.0954. The lowest BCUT2D eigenvalue weighted by Crippen LogP contribution is -2.43. The Bertz CT molecular complexity index is 1020. The Labute approximate surface area is 174 Å². The zero-order valence-electron chi connectivity index (χ0n) is 16.9. The van der Waals surface area contributed by atoms with E-state index in [1.807, 2.05) is 13.0 Å². The summed E-state index contributed by atoms with van der Waals surface area (Å²) in [6.45, 7) is 7.69. The van der Waals surface area contributed by atoms with Gasteiger partial charge >= 0.3 is 0 Å². The molecule has 0 saturated carbocycles. The molecule has 4 rings (SSSR count). The van der Waals surface area contributed by atoms with E-state index in [0.29, 0.717) is 11.4 Å². The first-order valence-corrected chi connectivity index (χ1v) is 10.8. The summed E-state index contributed by atoms with van der Waals surface area (Å²) in [5, 5.41) is 3.84. The average molecular weight is 412 g/mol. The van der Waals surface area contributed by atoms with Gasteiger partial charge in [-0.25, -0.2) is 4.39 Å². The molecule has 1 fully saturated rings. The molecule has 1 aliphatic heterocycles. The molecule has 29 heavy (non-hydrogen) atoms. The smallest absolute Gasteiger partial charge is 0.261 e. The topological polar surface area (TPSA) is 35.6 Å². The van der Waals surface area contributed by atoms with Gasteiger partial charge in [0.1, 0.15) is 5.82 Å². The number of benzene rings is 2. The summed E-state index contributed by atoms with van der Waals surface area (Å²) in [5.74, 6) is -0.379. The van der Waals surface area contributed by atoms with E-state index >= 15 is 0 Å². The molecule has 6 heteroatoms. The number of nitrogens with zero attached hydrogens (tertiary/aromatic N) is 2. The standard InChI is InChI=1S/C23H26FN3OS/c1-16-20-13-19(24)6-7-21(20)29-22(16)23(28)25-14-17-4-3-5-18(12-17)15-27-10-8-26(2)9-11-27/h3-7,12-13H,8-11,14-15H2,1-2H3,(H,25,28). The maximum atomic E-state index is 13.5. The van der Waals surface area contributed by atoms with E-state index in [-0.39, 0.29) is 11.7 Å². The molecule has 0 bridgehead atoms. The maximum absolute atomic E-state index is 13.5. The Morgan fingerprint density at radius 1 is 1.10 bits per heavy atom. The molecule has 1 N–H and O–H groups in total. The van der Waals surface area contributed by atoms with Crippen LogP contribution in [0.2, 0.25) is 0 Å². The number of hydrogen-bond acceptors (Lipinski definition) is 4. The van der Waals surface area contributed by atoms with Crippen molar-refractivity contribution in [3.05, 3.63) is 69.8 Å². The number of hydrogen-bond donors (Lipinski definition) is 1. The van der Waals surface area contributed by atoms with Gasteiger partial charge in [-0.05, 0) is 54.2 Å². The normalized spacial score (nSPS) is 15.7.